The van der Waals surface area contributed by atoms with Crippen molar-refractivity contribution < 1.29 is 4.79 Å². The molecule has 0 unspecified atom stereocenters. The molecule has 0 N–H and O–H groups in total. The van der Waals surface area contributed by atoms with Gasteiger partial charge in [0.15, 0.2) is 0 Å². The minimum atomic E-state index is 0.198. The fraction of sp³-hybridized carbons (Fsp3) is 0.467. The highest BCUT2D eigenvalue weighted by Gasteiger charge is 2.20. The van der Waals surface area contributed by atoms with Crippen molar-refractivity contribution in [1.29, 1.82) is 0 Å². The fourth-order valence-electron chi connectivity index (χ4n) is 2.88. The molecule has 1 atom stereocenters. The summed E-state index contributed by atoms with van der Waals surface area (Å²) in [5, 5.41) is 0. The van der Waals surface area contributed by atoms with E-state index in [-0.39, 0.29) is 5.92 Å². The summed E-state index contributed by atoms with van der Waals surface area (Å²) in [5.41, 5.74) is 2.21. The molecule has 19 heavy (non-hydrogen) atoms. The second-order valence-electron chi connectivity index (χ2n) is 5.35. The predicted molar refractivity (Wildman–Crippen MR) is 74.8 cm³/mol. The van der Waals surface area contributed by atoms with E-state index >= 15 is 0 Å². The number of carbonyl (C=O) groups is 1. The van der Waals surface area contributed by atoms with Crippen LogP contribution in [0.25, 0.3) is 11.0 Å². The van der Waals surface area contributed by atoms with Crippen molar-refractivity contribution in [3.63, 3.8) is 0 Å². The maximum Gasteiger partial charge on any atom is 0.124 e. The number of aldehydes is 1. The standard InChI is InChI=1S/C15H19N3O/c1-17-14-7-3-2-6-13(14)16-15(17)10-18-8-4-5-12(9-18)11-19/h2-3,6-7,11-12H,4-5,8-10H2,1H3/t12-/m0/s1. The third-order valence-electron chi connectivity index (χ3n) is 3.98. The number of fused-ring (bicyclic) bond motifs is 1. The van der Waals surface area contributed by atoms with Gasteiger partial charge in [0.25, 0.3) is 0 Å². The van der Waals surface area contributed by atoms with E-state index < -0.39 is 0 Å². The Morgan fingerprint density at radius 3 is 3.05 bits per heavy atom. The Bertz CT molecular complexity index is 590. The van der Waals surface area contributed by atoms with Crippen molar-refractivity contribution in [2.75, 3.05) is 13.1 Å². The predicted octanol–water partition coefficient (Wildman–Crippen LogP) is 1.98. The van der Waals surface area contributed by atoms with Gasteiger partial charge in [-0.25, -0.2) is 4.98 Å². The topological polar surface area (TPSA) is 38.1 Å². The van der Waals surface area contributed by atoms with Gasteiger partial charge in [0, 0.05) is 19.5 Å². The van der Waals surface area contributed by atoms with Crippen LogP contribution in [0.4, 0.5) is 0 Å². The van der Waals surface area contributed by atoms with Gasteiger partial charge < -0.3 is 9.36 Å². The Balaban J connectivity index is 1.81. The lowest BCUT2D eigenvalue weighted by Crippen LogP contribution is -2.36. The van der Waals surface area contributed by atoms with E-state index in [1.165, 1.54) is 5.52 Å². The summed E-state index contributed by atoms with van der Waals surface area (Å²) >= 11 is 0. The first-order valence-electron chi connectivity index (χ1n) is 6.86. The Labute approximate surface area is 113 Å². The maximum absolute atomic E-state index is 10.9. The number of aromatic nitrogens is 2. The van der Waals surface area contributed by atoms with Crippen LogP contribution in [0.5, 0.6) is 0 Å². The zero-order chi connectivity index (χ0) is 13.2. The summed E-state index contributed by atoms with van der Waals surface area (Å²) in [6.07, 6.45) is 3.23. The van der Waals surface area contributed by atoms with Gasteiger partial charge >= 0.3 is 0 Å². The van der Waals surface area contributed by atoms with Gasteiger partial charge in [-0.15, -0.1) is 0 Å². The lowest BCUT2D eigenvalue weighted by molar-refractivity contribution is -0.112. The van der Waals surface area contributed by atoms with Crippen LogP contribution in [0, 0.1) is 5.92 Å². The minimum absolute atomic E-state index is 0.198. The number of nitrogens with zero attached hydrogens (tertiary/aromatic N) is 3. The summed E-state index contributed by atoms with van der Waals surface area (Å²) in [6, 6.07) is 8.19. The molecule has 1 aromatic carbocycles. The molecule has 100 valence electrons. The number of imidazole rings is 1. The number of likely N-dealkylation sites (tertiary alicyclic amines) is 1. The first kappa shape index (κ1) is 12.4. The van der Waals surface area contributed by atoms with E-state index in [1.54, 1.807) is 0 Å². The molecule has 0 spiro atoms. The monoisotopic (exact) mass is 257 g/mol. The highest BCUT2D eigenvalue weighted by molar-refractivity contribution is 5.75. The van der Waals surface area contributed by atoms with Gasteiger partial charge in [0.2, 0.25) is 0 Å². The second-order valence-corrected chi connectivity index (χ2v) is 5.35. The molecular weight excluding hydrogens is 238 g/mol. The maximum atomic E-state index is 10.9. The van der Waals surface area contributed by atoms with E-state index in [1.807, 2.05) is 18.2 Å². The van der Waals surface area contributed by atoms with Gasteiger partial charge in [-0.3, -0.25) is 4.90 Å². The van der Waals surface area contributed by atoms with Crippen molar-refractivity contribution in [2.45, 2.75) is 19.4 Å². The molecule has 1 aromatic heterocycles. The zero-order valence-corrected chi connectivity index (χ0v) is 11.2. The lowest BCUT2D eigenvalue weighted by atomic mass is 10.00. The molecule has 0 radical (unpaired) electrons. The van der Waals surface area contributed by atoms with E-state index in [0.717, 1.165) is 50.1 Å². The second kappa shape index (κ2) is 5.13. The van der Waals surface area contributed by atoms with Crippen molar-refractivity contribution in [2.24, 2.45) is 13.0 Å². The van der Waals surface area contributed by atoms with E-state index in [2.05, 4.69) is 22.6 Å². The molecule has 2 aromatic rings. The van der Waals surface area contributed by atoms with E-state index in [0.29, 0.717) is 0 Å². The molecule has 1 aliphatic heterocycles. The number of hydrogen-bond donors (Lipinski definition) is 0. The van der Waals surface area contributed by atoms with Gasteiger partial charge in [-0.1, -0.05) is 12.1 Å². The molecule has 0 saturated carbocycles. The smallest absolute Gasteiger partial charge is 0.124 e. The zero-order valence-electron chi connectivity index (χ0n) is 11.2. The molecule has 1 saturated heterocycles. The van der Waals surface area contributed by atoms with Crippen LogP contribution in [0.1, 0.15) is 18.7 Å². The molecule has 1 aliphatic rings. The number of rotatable bonds is 3. The van der Waals surface area contributed by atoms with Crippen LogP contribution < -0.4 is 0 Å². The fourth-order valence-corrected chi connectivity index (χ4v) is 2.88. The van der Waals surface area contributed by atoms with Gasteiger partial charge in [0.05, 0.1) is 17.6 Å². The molecule has 4 heteroatoms. The third-order valence-corrected chi connectivity index (χ3v) is 3.98. The van der Waals surface area contributed by atoms with E-state index in [4.69, 9.17) is 4.98 Å². The lowest BCUT2D eigenvalue weighted by Gasteiger charge is -2.29. The molecule has 4 nitrogen and oxygen atoms in total. The molecule has 0 aliphatic carbocycles. The van der Waals surface area contributed by atoms with Gasteiger partial charge in [0.1, 0.15) is 12.1 Å². The van der Waals surface area contributed by atoms with Crippen LogP contribution >= 0.6 is 0 Å². The van der Waals surface area contributed by atoms with Crippen molar-refractivity contribution in [1.82, 2.24) is 14.5 Å². The number of benzene rings is 1. The highest BCUT2D eigenvalue weighted by atomic mass is 16.1. The summed E-state index contributed by atoms with van der Waals surface area (Å²) in [4.78, 5) is 17.9. The summed E-state index contributed by atoms with van der Waals surface area (Å²) in [7, 11) is 2.06. The molecule has 1 fully saturated rings. The number of aryl methyl sites for hydroxylation is 1. The Morgan fingerprint density at radius 1 is 1.42 bits per heavy atom. The molecule has 0 bridgehead atoms. The van der Waals surface area contributed by atoms with Gasteiger partial charge in [-0.05, 0) is 31.5 Å². The van der Waals surface area contributed by atoms with Crippen molar-refractivity contribution in [3.05, 3.63) is 30.1 Å². The van der Waals surface area contributed by atoms with Crippen LogP contribution in [0.15, 0.2) is 24.3 Å². The average Bonchev–Trinajstić information content (AvgIpc) is 2.76. The normalized spacial score (nSPS) is 20.8. The van der Waals surface area contributed by atoms with Crippen LogP contribution in [0.3, 0.4) is 0 Å². The number of carbonyl (C=O) groups excluding carboxylic acids is 1. The minimum Gasteiger partial charge on any atom is -0.330 e. The van der Waals surface area contributed by atoms with Crippen LogP contribution in [0.2, 0.25) is 0 Å². The highest BCUT2D eigenvalue weighted by Crippen LogP contribution is 2.19. The number of para-hydroxylation sites is 2. The SMILES string of the molecule is Cn1c(CN2CCC[C@H](C=O)C2)nc2ccccc21. The van der Waals surface area contributed by atoms with Crippen molar-refractivity contribution >= 4 is 17.3 Å². The van der Waals surface area contributed by atoms with Crippen molar-refractivity contribution in [3.8, 4) is 0 Å². The van der Waals surface area contributed by atoms with E-state index in [9.17, 15) is 4.79 Å². The van der Waals surface area contributed by atoms with Gasteiger partial charge in [-0.2, -0.15) is 0 Å². The molecule has 2 heterocycles. The largest absolute Gasteiger partial charge is 0.330 e. The average molecular weight is 257 g/mol. The van der Waals surface area contributed by atoms with Crippen LogP contribution in [-0.2, 0) is 18.4 Å². The Kier molecular flexibility index (Phi) is 3.34. The number of hydrogen-bond acceptors (Lipinski definition) is 3. The molecule has 0 amide bonds. The Hall–Kier alpha value is -1.68. The third kappa shape index (κ3) is 2.40. The summed E-state index contributed by atoms with van der Waals surface area (Å²) in [6.45, 7) is 2.76. The summed E-state index contributed by atoms with van der Waals surface area (Å²) in [5.74, 6) is 1.27. The quantitative estimate of drug-likeness (QED) is 0.789. The number of piperidine rings is 1. The van der Waals surface area contributed by atoms with Crippen LogP contribution in [-0.4, -0.2) is 33.8 Å². The summed E-state index contributed by atoms with van der Waals surface area (Å²) < 4.78 is 2.15. The molecular formula is C15H19N3O. The first-order valence-corrected chi connectivity index (χ1v) is 6.86. The molecule has 3 rings (SSSR count). The Morgan fingerprint density at radius 2 is 2.26 bits per heavy atom. The first-order chi connectivity index (χ1) is 9.28.